The van der Waals surface area contributed by atoms with Gasteiger partial charge in [0, 0.05) is 10.3 Å². The molecule has 0 bridgehead atoms. The van der Waals surface area contributed by atoms with Gasteiger partial charge in [0.2, 0.25) is 5.91 Å². The minimum atomic E-state index is -1.09. The maximum Gasteiger partial charge on any atom is 0.331 e. The van der Waals surface area contributed by atoms with Crippen molar-refractivity contribution in [1.29, 1.82) is 0 Å². The molecule has 6 nitrogen and oxygen atoms in total. The quantitative estimate of drug-likeness (QED) is 0.770. The van der Waals surface area contributed by atoms with Gasteiger partial charge >= 0.3 is 5.97 Å². The molecule has 0 aliphatic carbocycles. The molecule has 2 aromatic heterocycles. The van der Waals surface area contributed by atoms with Gasteiger partial charge in [-0.1, -0.05) is 6.07 Å². The Bertz CT molecular complexity index is 580. The molecule has 1 atom stereocenters. The predicted octanol–water partition coefficient (Wildman–Crippen LogP) is 1.27. The Morgan fingerprint density at radius 2 is 2.26 bits per heavy atom. The topological polar surface area (TPSA) is 105 Å². The molecule has 4 N–H and O–H groups in total. The summed E-state index contributed by atoms with van der Waals surface area (Å²) in [6.45, 7) is 0. The summed E-state index contributed by atoms with van der Waals surface area (Å²) < 4.78 is 0. The summed E-state index contributed by atoms with van der Waals surface area (Å²) >= 11 is 2.52. The molecule has 19 heavy (non-hydrogen) atoms. The van der Waals surface area contributed by atoms with E-state index < -0.39 is 17.9 Å². The smallest absolute Gasteiger partial charge is 0.331 e. The molecule has 0 saturated heterocycles. The number of carboxylic acids is 1. The van der Waals surface area contributed by atoms with Crippen molar-refractivity contribution in [3.63, 3.8) is 0 Å². The lowest BCUT2D eigenvalue weighted by molar-refractivity contribution is -0.141. The number of carbonyl (C=O) groups excluding carboxylic acids is 1. The molecule has 0 aliphatic rings. The first kappa shape index (κ1) is 13.5. The van der Waals surface area contributed by atoms with Crippen LogP contribution in [0.1, 0.15) is 16.6 Å². The molecule has 2 rings (SSSR count). The largest absolute Gasteiger partial charge is 0.479 e. The Kier molecular flexibility index (Phi) is 4.13. The normalized spacial score (nSPS) is 12.0. The standard InChI is InChI=1S/C11H11N3O3S2/c12-11-13-6(5-19-11)4-8(15)14-9(10(16)17)7-2-1-3-18-7/h1-3,5,9H,4H2,(H2,12,13)(H,14,15)(H,16,17). The molecule has 0 aliphatic heterocycles. The second-order valence-corrected chi connectivity index (χ2v) is 5.58. The van der Waals surface area contributed by atoms with Crippen LogP contribution in [-0.4, -0.2) is 22.0 Å². The van der Waals surface area contributed by atoms with Gasteiger partial charge in [-0.2, -0.15) is 0 Å². The maximum atomic E-state index is 11.8. The van der Waals surface area contributed by atoms with E-state index in [1.54, 1.807) is 22.9 Å². The van der Waals surface area contributed by atoms with Gasteiger partial charge < -0.3 is 16.2 Å². The number of hydrogen-bond donors (Lipinski definition) is 3. The van der Waals surface area contributed by atoms with Crippen molar-refractivity contribution in [2.24, 2.45) is 0 Å². The highest BCUT2D eigenvalue weighted by molar-refractivity contribution is 7.13. The number of hydrogen-bond acceptors (Lipinski definition) is 6. The highest BCUT2D eigenvalue weighted by Gasteiger charge is 2.23. The van der Waals surface area contributed by atoms with E-state index in [1.165, 1.54) is 22.7 Å². The van der Waals surface area contributed by atoms with Gasteiger partial charge in [-0.05, 0) is 11.4 Å². The fourth-order valence-corrected chi connectivity index (χ4v) is 2.82. The first-order chi connectivity index (χ1) is 9.06. The average molecular weight is 297 g/mol. The summed E-state index contributed by atoms with van der Waals surface area (Å²) in [4.78, 5) is 27.5. The van der Waals surface area contributed by atoms with Gasteiger partial charge in [0.1, 0.15) is 0 Å². The number of rotatable bonds is 5. The molecule has 2 heterocycles. The number of thiazole rings is 1. The number of aliphatic carboxylic acids is 1. The third-order valence-electron chi connectivity index (χ3n) is 2.29. The van der Waals surface area contributed by atoms with Crippen LogP contribution in [0.15, 0.2) is 22.9 Å². The minimum absolute atomic E-state index is 0.0167. The van der Waals surface area contributed by atoms with Crippen molar-refractivity contribution >= 4 is 39.7 Å². The zero-order valence-electron chi connectivity index (χ0n) is 9.70. The fraction of sp³-hybridized carbons (Fsp3) is 0.182. The molecule has 1 unspecified atom stereocenters. The van der Waals surface area contributed by atoms with Gasteiger partial charge in [0.25, 0.3) is 0 Å². The van der Waals surface area contributed by atoms with Crippen LogP contribution >= 0.6 is 22.7 Å². The molecule has 0 spiro atoms. The zero-order chi connectivity index (χ0) is 13.8. The van der Waals surface area contributed by atoms with E-state index in [-0.39, 0.29) is 6.42 Å². The Hall–Kier alpha value is -1.93. The predicted molar refractivity (Wildman–Crippen MR) is 73.1 cm³/mol. The van der Waals surface area contributed by atoms with Crippen LogP contribution in [-0.2, 0) is 16.0 Å². The summed E-state index contributed by atoms with van der Waals surface area (Å²) in [5.74, 6) is -1.49. The van der Waals surface area contributed by atoms with Gasteiger partial charge in [0.05, 0.1) is 12.1 Å². The number of aromatic nitrogens is 1. The lowest BCUT2D eigenvalue weighted by Crippen LogP contribution is -2.34. The number of nitrogens with zero attached hydrogens (tertiary/aromatic N) is 1. The number of carbonyl (C=O) groups is 2. The monoisotopic (exact) mass is 297 g/mol. The van der Waals surface area contributed by atoms with Crippen molar-refractivity contribution in [3.8, 4) is 0 Å². The molecule has 0 fully saturated rings. The third-order valence-corrected chi connectivity index (χ3v) is 3.95. The van der Waals surface area contributed by atoms with E-state index in [4.69, 9.17) is 10.8 Å². The summed E-state index contributed by atoms with van der Waals surface area (Å²) in [5, 5.41) is 15.4. The van der Waals surface area contributed by atoms with Crippen LogP contribution in [0.25, 0.3) is 0 Å². The number of nitrogen functional groups attached to an aromatic ring is 1. The number of thiophene rings is 1. The van der Waals surface area contributed by atoms with Crippen molar-refractivity contribution < 1.29 is 14.7 Å². The molecule has 8 heteroatoms. The second kappa shape index (κ2) is 5.81. The SMILES string of the molecule is Nc1nc(CC(=O)NC(C(=O)O)c2cccs2)cs1. The highest BCUT2D eigenvalue weighted by Crippen LogP contribution is 2.19. The molecule has 2 aromatic rings. The minimum Gasteiger partial charge on any atom is -0.479 e. The van der Waals surface area contributed by atoms with Crippen LogP contribution in [0.5, 0.6) is 0 Å². The van der Waals surface area contributed by atoms with Crippen LogP contribution < -0.4 is 11.1 Å². The van der Waals surface area contributed by atoms with Crippen LogP contribution in [0.3, 0.4) is 0 Å². The van der Waals surface area contributed by atoms with E-state index >= 15 is 0 Å². The van der Waals surface area contributed by atoms with E-state index in [0.717, 1.165) is 0 Å². The summed E-state index contributed by atoms with van der Waals surface area (Å²) in [5.41, 5.74) is 6.00. The van der Waals surface area contributed by atoms with E-state index in [9.17, 15) is 9.59 Å². The van der Waals surface area contributed by atoms with E-state index in [0.29, 0.717) is 15.7 Å². The number of nitrogens with one attached hydrogen (secondary N) is 1. The van der Waals surface area contributed by atoms with Gasteiger partial charge in [-0.25, -0.2) is 9.78 Å². The molecule has 0 radical (unpaired) electrons. The van der Waals surface area contributed by atoms with E-state index in [2.05, 4.69) is 10.3 Å². The lowest BCUT2D eigenvalue weighted by Gasteiger charge is -2.12. The molecule has 0 aromatic carbocycles. The summed E-state index contributed by atoms with van der Waals surface area (Å²) in [6.07, 6.45) is 0.0167. The zero-order valence-corrected chi connectivity index (χ0v) is 11.3. The van der Waals surface area contributed by atoms with E-state index in [1.807, 2.05) is 0 Å². The number of anilines is 1. The second-order valence-electron chi connectivity index (χ2n) is 3.71. The van der Waals surface area contributed by atoms with Gasteiger partial charge in [-0.3, -0.25) is 4.79 Å². The van der Waals surface area contributed by atoms with Crippen molar-refractivity contribution in [2.45, 2.75) is 12.5 Å². The summed E-state index contributed by atoms with van der Waals surface area (Å²) in [6, 6.07) is 2.39. The van der Waals surface area contributed by atoms with Gasteiger partial charge in [0.15, 0.2) is 11.2 Å². The van der Waals surface area contributed by atoms with Gasteiger partial charge in [-0.15, -0.1) is 22.7 Å². The van der Waals surface area contributed by atoms with Crippen LogP contribution in [0, 0.1) is 0 Å². The maximum absolute atomic E-state index is 11.8. The third kappa shape index (κ3) is 3.52. The number of nitrogens with two attached hydrogens (primary N) is 1. The molecular formula is C11H11N3O3S2. The Morgan fingerprint density at radius 3 is 2.79 bits per heavy atom. The molecular weight excluding hydrogens is 286 g/mol. The summed E-state index contributed by atoms with van der Waals surface area (Å²) in [7, 11) is 0. The number of amides is 1. The van der Waals surface area contributed by atoms with Crippen molar-refractivity contribution in [1.82, 2.24) is 10.3 Å². The number of carboxylic acid groups (broad SMARTS) is 1. The molecule has 0 saturated carbocycles. The van der Waals surface area contributed by atoms with Crippen molar-refractivity contribution in [3.05, 3.63) is 33.5 Å². The fourth-order valence-electron chi connectivity index (χ4n) is 1.49. The van der Waals surface area contributed by atoms with Crippen LogP contribution in [0.4, 0.5) is 5.13 Å². The first-order valence-electron chi connectivity index (χ1n) is 5.31. The van der Waals surface area contributed by atoms with Crippen molar-refractivity contribution in [2.75, 3.05) is 5.73 Å². The Morgan fingerprint density at radius 1 is 1.47 bits per heavy atom. The first-order valence-corrected chi connectivity index (χ1v) is 7.07. The molecule has 100 valence electrons. The van der Waals surface area contributed by atoms with Crippen LogP contribution in [0.2, 0.25) is 0 Å². The highest BCUT2D eigenvalue weighted by atomic mass is 32.1. The average Bonchev–Trinajstić information content (AvgIpc) is 2.97. The molecule has 1 amide bonds. The Balaban J connectivity index is 2.02. The lowest BCUT2D eigenvalue weighted by atomic mass is 10.2. The Labute approximate surface area is 116 Å².